The van der Waals surface area contributed by atoms with Crippen LogP contribution in [-0.2, 0) is 16.0 Å². The minimum Gasteiger partial charge on any atom is -0.490 e. The Morgan fingerprint density at radius 3 is 2.00 bits per heavy atom. The molecule has 0 aliphatic rings. The maximum Gasteiger partial charge on any atom is 0.422 e. The van der Waals surface area contributed by atoms with Crippen molar-refractivity contribution in [2.75, 3.05) is 26.4 Å². The fraction of sp³-hybridized carbons (Fsp3) is 0.346. The zero-order chi connectivity index (χ0) is 28.2. The number of allylic oxidation sites excluding steroid dienone is 1. The van der Waals surface area contributed by atoms with E-state index >= 15 is 0 Å². The second-order valence-electron chi connectivity index (χ2n) is 7.61. The van der Waals surface area contributed by atoms with Crippen LogP contribution in [0.2, 0.25) is 0 Å². The number of aliphatic carboxylic acids is 1. The predicted molar refractivity (Wildman–Crippen MR) is 124 cm³/mol. The molecule has 2 aromatic rings. The van der Waals surface area contributed by atoms with Crippen molar-refractivity contribution in [3.63, 3.8) is 0 Å². The zero-order valence-electron chi connectivity index (χ0n) is 20.1. The lowest BCUT2D eigenvalue weighted by Gasteiger charge is -2.13. The molecule has 2 aromatic carbocycles. The average Bonchev–Trinajstić information content (AvgIpc) is 2.83. The van der Waals surface area contributed by atoms with Gasteiger partial charge in [0.05, 0.1) is 0 Å². The third kappa shape index (κ3) is 12.4. The Morgan fingerprint density at radius 1 is 0.921 bits per heavy atom. The molecule has 0 aliphatic carbocycles. The molecule has 0 radical (unpaired) electrons. The molecule has 0 spiro atoms. The SMILES string of the molecule is CCO[C@@H](Cc1ccc(OC/C=C/C#Cc2cc(OCC(F)(F)F)cc(OCC(F)(F)F)c2)cc1)C(=O)O. The molecule has 206 valence electrons. The maximum absolute atomic E-state index is 12.4. The lowest BCUT2D eigenvalue weighted by atomic mass is 10.1. The molecule has 38 heavy (non-hydrogen) atoms. The van der Waals surface area contributed by atoms with E-state index in [0.717, 1.165) is 23.8 Å². The molecule has 2 rings (SSSR count). The van der Waals surface area contributed by atoms with Gasteiger partial charge in [0.25, 0.3) is 0 Å². The molecule has 0 saturated carbocycles. The van der Waals surface area contributed by atoms with Crippen LogP contribution in [0, 0.1) is 11.8 Å². The Balaban J connectivity index is 1.97. The summed E-state index contributed by atoms with van der Waals surface area (Å²) in [5.74, 6) is 3.95. The molecule has 1 atom stereocenters. The second kappa shape index (κ2) is 14.2. The number of alkyl halides is 6. The molecule has 0 aromatic heterocycles. The molecule has 0 saturated heterocycles. The van der Waals surface area contributed by atoms with Crippen molar-refractivity contribution >= 4 is 5.97 Å². The van der Waals surface area contributed by atoms with Gasteiger partial charge in [0.1, 0.15) is 23.9 Å². The quantitative estimate of drug-likeness (QED) is 0.277. The van der Waals surface area contributed by atoms with E-state index in [9.17, 15) is 31.1 Å². The zero-order valence-corrected chi connectivity index (χ0v) is 20.1. The Hall–Kier alpha value is -3.85. The Labute approximate surface area is 214 Å². The number of halogens is 6. The van der Waals surface area contributed by atoms with Crippen LogP contribution in [0.3, 0.4) is 0 Å². The van der Waals surface area contributed by atoms with Crippen molar-refractivity contribution in [3.05, 3.63) is 65.7 Å². The normalized spacial score (nSPS) is 12.5. The number of benzene rings is 2. The molecule has 0 fully saturated rings. The lowest BCUT2D eigenvalue weighted by molar-refractivity contribution is -0.154. The van der Waals surface area contributed by atoms with Gasteiger partial charge in [-0.15, -0.1) is 0 Å². The topological polar surface area (TPSA) is 74.2 Å². The summed E-state index contributed by atoms with van der Waals surface area (Å²) in [4.78, 5) is 11.2. The Morgan fingerprint density at radius 2 is 1.50 bits per heavy atom. The summed E-state index contributed by atoms with van der Waals surface area (Å²) in [5, 5.41) is 9.15. The highest BCUT2D eigenvalue weighted by atomic mass is 19.4. The van der Waals surface area contributed by atoms with Crippen molar-refractivity contribution in [2.45, 2.75) is 31.8 Å². The molecule has 0 amide bonds. The number of carbonyl (C=O) groups is 1. The van der Waals surface area contributed by atoms with Gasteiger partial charge in [-0.3, -0.25) is 0 Å². The monoisotopic (exact) mass is 546 g/mol. The van der Waals surface area contributed by atoms with Crippen LogP contribution in [0.4, 0.5) is 26.3 Å². The Bertz CT molecular complexity index is 1090. The van der Waals surface area contributed by atoms with Gasteiger partial charge in [0.2, 0.25) is 0 Å². The minimum atomic E-state index is -4.64. The standard InChI is InChI=1S/C26H24F6O6/c1-2-35-23(24(33)34)14-18-7-9-20(10-8-18)36-11-5-3-4-6-19-12-21(37-16-25(27,28)29)15-22(13-19)38-17-26(30,31)32/h3,5,7-10,12-13,15,23H,2,11,14,16-17H2,1H3,(H,33,34)/b5-3+/t23-/m0/s1. The third-order valence-corrected chi connectivity index (χ3v) is 4.44. The number of carboxylic acids is 1. The van der Waals surface area contributed by atoms with Crippen LogP contribution in [0.1, 0.15) is 18.1 Å². The number of rotatable bonds is 12. The van der Waals surface area contributed by atoms with Crippen LogP contribution in [0.5, 0.6) is 17.2 Å². The van der Waals surface area contributed by atoms with Crippen LogP contribution >= 0.6 is 0 Å². The van der Waals surface area contributed by atoms with Gasteiger partial charge in [-0.25, -0.2) is 4.79 Å². The number of hydrogen-bond donors (Lipinski definition) is 1. The number of carboxylic acid groups (broad SMARTS) is 1. The Kier molecular flexibility index (Phi) is 11.3. The van der Waals surface area contributed by atoms with E-state index in [-0.39, 0.29) is 36.7 Å². The first-order valence-corrected chi connectivity index (χ1v) is 11.1. The summed E-state index contributed by atoms with van der Waals surface area (Å²) in [7, 11) is 0. The van der Waals surface area contributed by atoms with Gasteiger partial charge >= 0.3 is 18.3 Å². The summed E-state index contributed by atoms with van der Waals surface area (Å²) >= 11 is 0. The first-order chi connectivity index (χ1) is 17.8. The summed E-state index contributed by atoms with van der Waals surface area (Å²) in [6, 6.07) is 9.94. The fourth-order valence-corrected chi connectivity index (χ4v) is 2.87. The van der Waals surface area contributed by atoms with Crippen LogP contribution < -0.4 is 14.2 Å². The smallest absolute Gasteiger partial charge is 0.422 e. The van der Waals surface area contributed by atoms with Gasteiger partial charge in [0.15, 0.2) is 19.3 Å². The molecular weight excluding hydrogens is 522 g/mol. The molecule has 0 aliphatic heterocycles. The van der Waals surface area contributed by atoms with Gasteiger partial charge in [-0.1, -0.05) is 24.0 Å². The summed E-state index contributed by atoms with van der Waals surface area (Å²) in [6.45, 7) is -1.17. The van der Waals surface area contributed by atoms with Gasteiger partial charge < -0.3 is 24.1 Å². The van der Waals surface area contributed by atoms with Crippen LogP contribution in [-0.4, -0.2) is 56.0 Å². The lowest BCUT2D eigenvalue weighted by Crippen LogP contribution is -2.26. The van der Waals surface area contributed by atoms with E-state index in [1.165, 1.54) is 6.08 Å². The third-order valence-electron chi connectivity index (χ3n) is 4.44. The average molecular weight is 546 g/mol. The molecule has 0 bridgehead atoms. The van der Waals surface area contributed by atoms with Crippen LogP contribution in [0.25, 0.3) is 0 Å². The molecule has 6 nitrogen and oxygen atoms in total. The van der Waals surface area contributed by atoms with E-state index in [1.54, 1.807) is 37.3 Å². The summed E-state index contributed by atoms with van der Waals surface area (Å²) in [5.41, 5.74) is 0.828. The molecule has 1 N–H and O–H groups in total. The van der Waals surface area contributed by atoms with Crippen LogP contribution in [0.15, 0.2) is 54.6 Å². The van der Waals surface area contributed by atoms with E-state index < -0.39 is 37.6 Å². The van der Waals surface area contributed by atoms with Gasteiger partial charge in [-0.05, 0) is 48.9 Å². The van der Waals surface area contributed by atoms with Gasteiger partial charge in [0, 0.05) is 24.7 Å². The highest BCUT2D eigenvalue weighted by Gasteiger charge is 2.30. The van der Waals surface area contributed by atoms with Crippen molar-refractivity contribution < 1.29 is 55.2 Å². The van der Waals surface area contributed by atoms with Crippen molar-refractivity contribution in [1.29, 1.82) is 0 Å². The highest BCUT2D eigenvalue weighted by molar-refractivity contribution is 5.72. The fourth-order valence-electron chi connectivity index (χ4n) is 2.87. The first-order valence-electron chi connectivity index (χ1n) is 11.1. The van der Waals surface area contributed by atoms with Crippen molar-refractivity contribution in [2.24, 2.45) is 0 Å². The summed E-state index contributed by atoms with van der Waals surface area (Å²) < 4.78 is 94.5. The molecule has 12 heteroatoms. The minimum absolute atomic E-state index is 0.0784. The van der Waals surface area contributed by atoms with Crippen molar-refractivity contribution in [3.8, 4) is 29.1 Å². The first kappa shape index (κ1) is 30.4. The molecular formula is C26H24F6O6. The molecule has 0 unspecified atom stereocenters. The molecule has 0 heterocycles. The van der Waals surface area contributed by atoms with Crippen molar-refractivity contribution in [1.82, 2.24) is 0 Å². The van der Waals surface area contributed by atoms with E-state index in [4.69, 9.17) is 14.6 Å². The summed E-state index contributed by atoms with van der Waals surface area (Å²) in [6.07, 6.45) is -7.08. The van der Waals surface area contributed by atoms with E-state index in [2.05, 4.69) is 21.3 Å². The van der Waals surface area contributed by atoms with E-state index in [0.29, 0.717) is 5.75 Å². The number of hydrogen-bond acceptors (Lipinski definition) is 5. The second-order valence-corrected chi connectivity index (χ2v) is 7.61. The maximum atomic E-state index is 12.4. The largest absolute Gasteiger partial charge is 0.490 e. The van der Waals surface area contributed by atoms with E-state index in [1.807, 2.05) is 0 Å². The highest BCUT2D eigenvalue weighted by Crippen LogP contribution is 2.26. The predicted octanol–water partition coefficient (Wildman–Crippen LogP) is 5.59. The number of ether oxygens (including phenoxy) is 4. The van der Waals surface area contributed by atoms with Gasteiger partial charge in [-0.2, -0.15) is 26.3 Å².